The van der Waals surface area contributed by atoms with Crippen LogP contribution in [0.15, 0.2) is 199 Å². The molecule has 0 spiro atoms. The highest BCUT2D eigenvalue weighted by Crippen LogP contribution is 2.54. The van der Waals surface area contributed by atoms with E-state index in [-0.39, 0.29) is 5.41 Å². The molecule has 2 aliphatic rings. The molecule has 296 valence electrons. The third-order valence-electron chi connectivity index (χ3n) is 13.6. The zero-order valence-corrected chi connectivity index (χ0v) is 35.2. The van der Waals surface area contributed by atoms with Gasteiger partial charge in [-0.3, -0.25) is 0 Å². The van der Waals surface area contributed by atoms with E-state index in [1.165, 1.54) is 66.4 Å². The zero-order chi connectivity index (χ0) is 41.5. The first-order valence-corrected chi connectivity index (χ1v) is 21.9. The largest absolute Gasteiger partial charge is 0.455 e. The van der Waals surface area contributed by atoms with Crippen LogP contribution in [0, 0.1) is 5.92 Å². The Morgan fingerprint density at radius 2 is 1.06 bits per heavy atom. The molecule has 0 saturated heterocycles. The molecule has 0 saturated carbocycles. The van der Waals surface area contributed by atoms with Crippen LogP contribution in [0.1, 0.15) is 43.0 Å². The summed E-state index contributed by atoms with van der Waals surface area (Å²) in [6.07, 6.45) is 5.70. The van der Waals surface area contributed by atoms with Crippen molar-refractivity contribution in [3.05, 3.63) is 216 Å². The van der Waals surface area contributed by atoms with Crippen molar-refractivity contribution in [3.8, 4) is 44.5 Å². The van der Waals surface area contributed by atoms with Gasteiger partial charge in [0.1, 0.15) is 11.2 Å². The summed E-state index contributed by atoms with van der Waals surface area (Å²) >= 11 is 0. The molecule has 1 unspecified atom stereocenters. The first-order chi connectivity index (χ1) is 30.4. The fourth-order valence-electron chi connectivity index (χ4n) is 10.7. The first-order valence-electron chi connectivity index (χ1n) is 21.9. The number of allylic oxidation sites excluding steroid dienone is 1. The Bertz CT molecular complexity index is 3420. The van der Waals surface area contributed by atoms with Crippen molar-refractivity contribution in [2.75, 3.05) is 4.90 Å². The van der Waals surface area contributed by atoms with Crippen LogP contribution in [0.4, 0.5) is 17.1 Å². The monoisotopic (exact) mass is 795 g/mol. The summed E-state index contributed by atoms with van der Waals surface area (Å²) in [6, 6.07) is 69.1. The fraction of sp³-hybridized carbons (Fsp3) is 0.100. The van der Waals surface area contributed by atoms with Crippen molar-refractivity contribution in [1.82, 2.24) is 0 Å². The fourth-order valence-corrected chi connectivity index (χ4v) is 10.7. The lowest BCUT2D eigenvalue weighted by molar-refractivity contribution is 0.662. The molecule has 0 radical (unpaired) electrons. The minimum absolute atomic E-state index is 0.159. The maximum atomic E-state index is 6.49. The zero-order valence-electron chi connectivity index (χ0n) is 35.2. The predicted molar refractivity (Wildman–Crippen MR) is 262 cm³/mol. The van der Waals surface area contributed by atoms with Gasteiger partial charge in [0.05, 0.1) is 5.69 Å². The lowest BCUT2D eigenvalue weighted by Gasteiger charge is -2.30. The smallest absolute Gasteiger partial charge is 0.143 e. The summed E-state index contributed by atoms with van der Waals surface area (Å²) in [7, 11) is 0. The van der Waals surface area contributed by atoms with E-state index in [0.29, 0.717) is 5.92 Å². The topological polar surface area (TPSA) is 16.4 Å². The molecule has 0 bridgehead atoms. The standard InChI is InChI=1S/C60H45NO/c1-38-25-26-41-31-36-47-44(16-10-18-46(47)54(41)37-38)39-27-32-42(33-28-39)61(43-34-29-40(30-35-43)45-17-11-21-53-50-15-6-9-24-57(50)62-59(45)53)56-23-8-5-14-49(56)52-20-12-19-51-48-13-4-7-22-55(48)60(2,3)58(51)52/h4-36,38H,37H2,1-3H3. The number of furan rings is 1. The second kappa shape index (κ2) is 14.1. The van der Waals surface area contributed by atoms with Gasteiger partial charge in [-0.25, -0.2) is 0 Å². The molecule has 2 heteroatoms. The van der Waals surface area contributed by atoms with Gasteiger partial charge in [0.25, 0.3) is 0 Å². The van der Waals surface area contributed by atoms with E-state index in [2.05, 4.69) is 220 Å². The van der Waals surface area contributed by atoms with E-state index in [1.54, 1.807) is 0 Å². The Labute approximate surface area is 363 Å². The highest BCUT2D eigenvalue weighted by molar-refractivity contribution is 6.09. The minimum atomic E-state index is -0.159. The van der Waals surface area contributed by atoms with Gasteiger partial charge in [-0.1, -0.05) is 185 Å². The van der Waals surface area contributed by atoms with Crippen LogP contribution in [0.25, 0.3) is 83.3 Å². The van der Waals surface area contributed by atoms with Crippen LogP contribution >= 0.6 is 0 Å². The molecule has 1 heterocycles. The SMILES string of the molecule is CC1C=Cc2ccc3c(-c4ccc(N(c5ccc(-c6cccc7c6oc6ccccc67)cc5)c5ccccc5-c5cccc6c5C(C)(C)c5ccccc5-6)cc4)cccc3c2C1. The van der Waals surface area contributed by atoms with E-state index >= 15 is 0 Å². The van der Waals surface area contributed by atoms with Gasteiger partial charge in [0.15, 0.2) is 0 Å². The molecule has 0 N–H and O–H groups in total. The lowest BCUT2D eigenvalue weighted by Crippen LogP contribution is -2.17. The summed E-state index contributed by atoms with van der Waals surface area (Å²) in [5, 5.41) is 4.94. The summed E-state index contributed by atoms with van der Waals surface area (Å²) in [5.41, 5.74) is 20.3. The van der Waals surface area contributed by atoms with Gasteiger partial charge >= 0.3 is 0 Å². The van der Waals surface area contributed by atoms with Gasteiger partial charge in [-0.2, -0.15) is 0 Å². The Morgan fingerprint density at radius 1 is 0.484 bits per heavy atom. The van der Waals surface area contributed by atoms with Crippen molar-refractivity contribution < 1.29 is 4.42 Å². The van der Waals surface area contributed by atoms with Gasteiger partial charge in [0.2, 0.25) is 0 Å². The van der Waals surface area contributed by atoms with Gasteiger partial charge < -0.3 is 9.32 Å². The van der Waals surface area contributed by atoms with Crippen molar-refractivity contribution in [2.45, 2.75) is 32.6 Å². The van der Waals surface area contributed by atoms with E-state index in [9.17, 15) is 0 Å². The average Bonchev–Trinajstić information content (AvgIpc) is 3.82. The highest BCUT2D eigenvalue weighted by atomic mass is 16.3. The predicted octanol–water partition coefficient (Wildman–Crippen LogP) is 16.7. The Morgan fingerprint density at radius 3 is 1.85 bits per heavy atom. The highest BCUT2D eigenvalue weighted by Gasteiger charge is 2.38. The van der Waals surface area contributed by atoms with Crippen molar-refractivity contribution in [3.63, 3.8) is 0 Å². The molecule has 0 fully saturated rings. The molecule has 9 aromatic carbocycles. The molecule has 0 aliphatic heterocycles. The van der Waals surface area contributed by atoms with Gasteiger partial charge in [-0.05, 0) is 115 Å². The van der Waals surface area contributed by atoms with E-state index < -0.39 is 0 Å². The molecule has 0 amide bonds. The minimum Gasteiger partial charge on any atom is -0.455 e. The average molecular weight is 796 g/mol. The van der Waals surface area contributed by atoms with E-state index in [4.69, 9.17) is 4.42 Å². The molecular formula is C60H45NO. The number of hydrogen-bond donors (Lipinski definition) is 0. The second-order valence-corrected chi connectivity index (χ2v) is 17.7. The molecule has 1 aromatic heterocycles. The van der Waals surface area contributed by atoms with Gasteiger partial charge in [-0.15, -0.1) is 0 Å². The number of anilines is 3. The third kappa shape index (κ3) is 5.63. The molecular weight excluding hydrogens is 751 g/mol. The van der Waals surface area contributed by atoms with Crippen LogP contribution in [0.5, 0.6) is 0 Å². The Kier molecular flexibility index (Phi) is 8.27. The molecule has 62 heavy (non-hydrogen) atoms. The molecule has 2 nitrogen and oxygen atoms in total. The van der Waals surface area contributed by atoms with Crippen LogP contribution in [-0.2, 0) is 11.8 Å². The molecule has 2 aliphatic carbocycles. The van der Waals surface area contributed by atoms with Gasteiger partial charge in [0, 0.05) is 38.7 Å². The Hall–Kier alpha value is -7.42. The number of rotatable bonds is 6. The van der Waals surface area contributed by atoms with E-state index in [0.717, 1.165) is 56.5 Å². The van der Waals surface area contributed by atoms with E-state index in [1.807, 2.05) is 6.07 Å². The first kappa shape index (κ1) is 36.4. The maximum absolute atomic E-state index is 6.49. The normalized spacial score (nSPS) is 14.9. The number of para-hydroxylation sites is 3. The summed E-state index contributed by atoms with van der Waals surface area (Å²) in [4.78, 5) is 2.44. The van der Waals surface area contributed by atoms with Crippen LogP contribution in [0.2, 0.25) is 0 Å². The van der Waals surface area contributed by atoms with Crippen LogP contribution in [-0.4, -0.2) is 0 Å². The number of fused-ring (bicyclic) bond motifs is 9. The van der Waals surface area contributed by atoms with Crippen molar-refractivity contribution in [1.29, 1.82) is 0 Å². The third-order valence-corrected chi connectivity index (χ3v) is 13.6. The van der Waals surface area contributed by atoms with Crippen LogP contribution < -0.4 is 4.90 Å². The Balaban J connectivity index is 1.01. The second-order valence-electron chi connectivity index (χ2n) is 17.7. The summed E-state index contributed by atoms with van der Waals surface area (Å²) in [5.74, 6) is 0.538. The van der Waals surface area contributed by atoms with Crippen molar-refractivity contribution >= 4 is 55.8 Å². The number of nitrogens with zero attached hydrogens (tertiary/aromatic N) is 1. The number of benzene rings is 9. The quantitative estimate of drug-likeness (QED) is 0.167. The number of hydrogen-bond acceptors (Lipinski definition) is 2. The maximum Gasteiger partial charge on any atom is 0.143 e. The summed E-state index contributed by atoms with van der Waals surface area (Å²) in [6.45, 7) is 7.06. The molecule has 12 rings (SSSR count). The summed E-state index contributed by atoms with van der Waals surface area (Å²) < 4.78 is 6.49. The molecule has 10 aromatic rings. The molecule has 1 atom stereocenters. The van der Waals surface area contributed by atoms with Crippen molar-refractivity contribution in [2.24, 2.45) is 5.92 Å². The lowest BCUT2D eigenvalue weighted by atomic mass is 9.78. The van der Waals surface area contributed by atoms with Crippen LogP contribution in [0.3, 0.4) is 0 Å².